The molecule has 1 aromatic heterocycles. The Balaban J connectivity index is 1.78. The summed E-state index contributed by atoms with van der Waals surface area (Å²) in [6.07, 6.45) is 3.37. The lowest BCUT2D eigenvalue weighted by Crippen LogP contribution is -2.12. The number of hydrazone groups is 1. The van der Waals surface area contributed by atoms with Gasteiger partial charge in [0.1, 0.15) is 0 Å². The smallest absolute Gasteiger partial charge is 0.309 e. The van der Waals surface area contributed by atoms with Crippen molar-refractivity contribution in [1.29, 1.82) is 0 Å². The Labute approximate surface area is 146 Å². The highest BCUT2D eigenvalue weighted by atomic mass is 16.5. The molecule has 3 aromatic rings. The predicted octanol–water partition coefficient (Wildman–Crippen LogP) is 3.96. The fraction of sp³-hybridized carbons (Fsp3) is 0.100. The van der Waals surface area contributed by atoms with Gasteiger partial charge in [0.25, 0.3) is 0 Å². The van der Waals surface area contributed by atoms with Crippen molar-refractivity contribution in [1.82, 2.24) is 10.4 Å². The van der Waals surface area contributed by atoms with Gasteiger partial charge in [-0.1, -0.05) is 48.0 Å². The second-order valence-corrected chi connectivity index (χ2v) is 5.69. The van der Waals surface area contributed by atoms with Crippen LogP contribution in [-0.2, 0) is 9.53 Å². The van der Waals surface area contributed by atoms with Crippen LogP contribution in [0.5, 0.6) is 0 Å². The van der Waals surface area contributed by atoms with Crippen LogP contribution in [0.3, 0.4) is 0 Å². The third-order valence-electron chi connectivity index (χ3n) is 3.56. The molecule has 1 heterocycles. The molecule has 0 saturated heterocycles. The molecule has 0 atom stereocenters. The molecule has 0 amide bonds. The first-order valence-corrected chi connectivity index (χ1v) is 7.94. The second-order valence-electron chi connectivity index (χ2n) is 5.69. The van der Waals surface area contributed by atoms with Gasteiger partial charge in [0.05, 0.1) is 6.21 Å². The molecule has 0 spiro atoms. The Morgan fingerprint density at radius 1 is 1.16 bits per heavy atom. The van der Waals surface area contributed by atoms with Gasteiger partial charge in [0.2, 0.25) is 5.88 Å². The number of nitrogens with zero attached hydrogens (tertiary/aromatic N) is 1. The van der Waals surface area contributed by atoms with Crippen LogP contribution in [0, 0.1) is 6.92 Å². The van der Waals surface area contributed by atoms with E-state index in [2.05, 4.69) is 15.5 Å². The quantitative estimate of drug-likeness (QED) is 0.321. The number of esters is 1. The number of H-pyrrole nitrogens is 1. The van der Waals surface area contributed by atoms with E-state index in [1.54, 1.807) is 12.3 Å². The van der Waals surface area contributed by atoms with Crippen molar-refractivity contribution >= 4 is 29.2 Å². The van der Waals surface area contributed by atoms with Gasteiger partial charge in [-0.25, -0.2) is 5.43 Å². The highest BCUT2D eigenvalue weighted by molar-refractivity contribution is 5.83. The van der Waals surface area contributed by atoms with Crippen molar-refractivity contribution in [2.45, 2.75) is 13.8 Å². The Hall–Kier alpha value is -3.34. The fourth-order valence-corrected chi connectivity index (χ4v) is 2.38. The Morgan fingerprint density at radius 2 is 1.92 bits per heavy atom. The maximum Gasteiger partial charge on any atom is 0.309 e. The van der Waals surface area contributed by atoms with E-state index < -0.39 is 5.97 Å². The summed E-state index contributed by atoms with van der Waals surface area (Å²) in [5.74, 6) is -0.164. The lowest BCUT2D eigenvalue weighted by molar-refractivity contribution is -0.137. The normalized spacial score (nSPS) is 11.8. The van der Waals surface area contributed by atoms with Gasteiger partial charge < -0.3 is 9.72 Å². The first-order valence-electron chi connectivity index (χ1n) is 7.94. The van der Waals surface area contributed by atoms with Crippen molar-refractivity contribution in [3.05, 3.63) is 77.3 Å². The molecule has 0 unspecified atom stereocenters. The summed E-state index contributed by atoms with van der Waals surface area (Å²) in [6.45, 7) is 3.38. The third-order valence-corrected chi connectivity index (χ3v) is 3.56. The van der Waals surface area contributed by atoms with E-state index in [-0.39, 0.29) is 5.88 Å². The van der Waals surface area contributed by atoms with Crippen LogP contribution in [0.1, 0.15) is 23.7 Å². The van der Waals surface area contributed by atoms with Gasteiger partial charge in [-0.2, -0.15) is 5.10 Å². The Morgan fingerprint density at radius 3 is 2.64 bits per heavy atom. The number of carbonyl (C=O) groups is 1. The van der Waals surface area contributed by atoms with Gasteiger partial charge in [0, 0.05) is 24.2 Å². The first-order chi connectivity index (χ1) is 12.1. The summed E-state index contributed by atoms with van der Waals surface area (Å²) >= 11 is 0. The van der Waals surface area contributed by atoms with Gasteiger partial charge in [-0.05, 0) is 30.0 Å². The number of ether oxygens (including phenoxy) is 1. The highest BCUT2D eigenvalue weighted by Crippen LogP contribution is 2.16. The molecule has 0 saturated carbocycles. The van der Waals surface area contributed by atoms with Crippen LogP contribution in [0.4, 0.5) is 0 Å². The van der Waals surface area contributed by atoms with Crippen LogP contribution in [0.25, 0.3) is 17.0 Å². The summed E-state index contributed by atoms with van der Waals surface area (Å²) < 4.78 is 5.18. The van der Waals surface area contributed by atoms with Crippen LogP contribution in [0.15, 0.2) is 65.6 Å². The zero-order valence-electron chi connectivity index (χ0n) is 14.1. The zero-order chi connectivity index (χ0) is 17.6. The number of aromatic nitrogens is 1. The minimum atomic E-state index is -0.416. The molecule has 2 aromatic carbocycles. The van der Waals surface area contributed by atoms with E-state index in [0.29, 0.717) is 0 Å². The summed E-state index contributed by atoms with van der Waals surface area (Å²) in [7, 11) is 0. The van der Waals surface area contributed by atoms with Gasteiger partial charge in [0.15, 0.2) is 0 Å². The topological polar surface area (TPSA) is 66.5 Å². The molecule has 3 rings (SSSR count). The van der Waals surface area contributed by atoms with Crippen LogP contribution in [0.2, 0.25) is 0 Å². The largest absolute Gasteiger partial charge is 0.408 e. The first kappa shape index (κ1) is 16.5. The number of hydrogen-bond acceptors (Lipinski definition) is 4. The molecule has 0 radical (unpaired) electrons. The molecule has 0 aliphatic rings. The van der Waals surface area contributed by atoms with Crippen molar-refractivity contribution in [3.8, 4) is 0 Å². The number of para-hydroxylation sites is 1. The number of nitrogens with one attached hydrogen (secondary N) is 2. The molecule has 5 heteroatoms. The maximum absolute atomic E-state index is 11.3. The summed E-state index contributed by atoms with van der Waals surface area (Å²) in [5, 5.41) is 5.22. The number of fused-ring (bicyclic) bond motifs is 1. The zero-order valence-corrected chi connectivity index (χ0v) is 14.1. The van der Waals surface area contributed by atoms with E-state index in [4.69, 9.17) is 4.74 Å². The second kappa shape index (κ2) is 7.49. The predicted molar refractivity (Wildman–Crippen MR) is 100.0 cm³/mol. The standard InChI is InChI=1S/C20H19N3O2/c1-14-7-9-16(10-8-14)13-21-23-20(25-15(2)24)12-18-11-17-5-3-4-6-19(17)22-18/h3-13,22-23H,1-2H3/b20-12-,21-13-. The van der Waals surface area contributed by atoms with E-state index in [0.717, 1.165) is 22.2 Å². The van der Waals surface area contributed by atoms with Crippen LogP contribution >= 0.6 is 0 Å². The SMILES string of the molecule is CC(=O)O/C(=C\c1cc2ccccc2[nH]1)N/N=C\c1ccc(C)cc1. The minimum absolute atomic E-state index is 0.252. The number of aryl methyl sites for hydroxylation is 1. The number of benzene rings is 2. The number of carbonyl (C=O) groups excluding carboxylic acids is 1. The lowest BCUT2D eigenvalue weighted by atomic mass is 10.2. The average Bonchev–Trinajstić information content (AvgIpc) is 2.98. The minimum Gasteiger partial charge on any atom is -0.408 e. The molecular weight excluding hydrogens is 314 g/mol. The Kier molecular flexibility index (Phi) is 4.95. The van der Waals surface area contributed by atoms with Crippen molar-refractivity contribution < 1.29 is 9.53 Å². The van der Waals surface area contributed by atoms with Crippen LogP contribution < -0.4 is 5.43 Å². The van der Waals surface area contributed by atoms with Crippen LogP contribution in [-0.4, -0.2) is 17.2 Å². The van der Waals surface area contributed by atoms with Crippen molar-refractivity contribution in [2.75, 3.05) is 0 Å². The highest BCUT2D eigenvalue weighted by Gasteiger charge is 2.04. The third kappa shape index (κ3) is 4.57. The molecule has 0 fully saturated rings. The molecule has 0 aliphatic heterocycles. The Bertz CT molecular complexity index is 904. The maximum atomic E-state index is 11.3. The van der Waals surface area contributed by atoms with E-state index in [1.807, 2.05) is 61.5 Å². The van der Waals surface area contributed by atoms with Crippen molar-refractivity contribution in [3.63, 3.8) is 0 Å². The molecule has 5 nitrogen and oxygen atoms in total. The van der Waals surface area contributed by atoms with E-state index in [1.165, 1.54) is 12.5 Å². The number of hydrogen-bond donors (Lipinski definition) is 2. The summed E-state index contributed by atoms with van der Waals surface area (Å²) in [4.78, 5) is 14.6. The van der Waals surface area contributed by atoms with Crippen molar-refractivity contribution in [2.24, 2.45) is 5.10 Å². The van der Waals surface area contributed by atoms with E-state index in [9.17, 15) is 4.79 Å². The van der Waals surface area contributed by atoms with Gasteiger partial charge in [-0.15, -0.1) is 0 Å². The summed E-state index contributed by atoms with van der Waals surface area (Å²) in [6, 6.07) is 17.9. The number of rotatable bonds is 5. The average molecular weight is 333 g/mol. The molecule has 126 valence electrons. The number of aromatic amines is 1. The molecule has 2 N–H and O–H groups in total. The fourth-order valence-electron chi connectivity index (χ4n) is 2.38. The lowest BCUT2D eigenvalue weighted by Gasteiger charge is -2.05. The molecule has 0 aliphatic carbocycles. The molecular formula is C20H19N3O2. The van der Waals surface area contributed by atoms with Gasteiger partial charge in [-0.3, -0.25) is 4.79 Å². The monoisotopic (exact) mass is 333 g/mol. The molecule has 0 bridgehead atoms. The summed E-state index contributed by atoms with van der Waals surface area (Å²) in [5.41, 5.74) is 6.74. The van der Waals surface area contributed by atoms with E-state index >= 15 is 0 Å². The van der Waals surface area contributed by atoms with Gasteiger partial charge >= 0.3 is 5.97 Å². The molecule has 25 heavy (non-hydrogen) atoms.